The molecule has 1 saturated heterocycles. The lowest BCUT2D eigenvalue weighted by Gasteiger charge is -2.30. The molecule has 3 rings (SSSR count). The summed E-state index contributed by atoms with van der Waals surface area (Å²) in [5, 5.41) is 20.8. The zero-order valence-corrected chi connectivity index (χ0v) is 9.39. The van der Waals surface area contributed by atoms with Crippen molar-refractivity contribution >= 4 is 0 Å². The predicted octanol–water partition coefficient (Wildman–Crippen LogP) is 0.498. The molecule has 1 unspecified atom stereocenters. The second kappa shape index (κ2) is 3.82. The van der Waals surface area contributed by atoms with E-state index >= 15 is 0 Å². The fourth-order valence-corrected chi connectivity index (χ4v) is 2.70. The first kappa shape index (κ1) is 10.2. The Morgan fingerprint density at radius 3 is 3.06 bits per heavy atom. The van der Waals surface area contributed by atoms with Crippen LogP contribution in [0.5, 0.6) is 0 Å². The summed E-state index contributed by atoms with van der Waals surface area (Å²) >= 11 is 0. The Morgan fingerprint density at radius 2 is 2.44 bits per heavy atom. The van der Waals surface area contributed by atoms with Gasteiger partial charge in [-0.3, -0.25) is 4.90 Å². The molecule has 1 saturated carbocycles. The lowest BCUT2D eigenvalue weighted by atomic mass is 9.85. The van der Waals surface area contributed by atoms with E-state index in [1.54, 1.807) is 6.20 Å². The van der Waals surface area contributed by atoms with Gasteiger partial charge in [0, 0.05) is 19.6 Å². The van der Waals surface area contributed by atoms with Crippen molar-refractivity contribution in [1.29, 1.82) is 0 Å². The van der Waals surface area contributed by atoms with Crippen molar-refractivity contribution < 1.29 is 5.11 Å². The summed E-state index contributed by atoms with van der Waals surface area (Å²) in [6.45, 7) is 2.82. The fraction of sp³-hybridized carbons (Fsp3) is 0.818. The largest absolute Gasteiger partial charge is 0.382 e. The van der Waals surface area contributed by atoms with E-state index in [9.17, 15) is 5.11 Å². The van der Waals surface area contributed by atoms with Crippen LogP contribution in [-0.2, 0) is 5.60 Å². The van der Waals surface area contributed by atoms with Gasteiger partial charge in [0.2, 0.25) is 0 Å². The molecule has 1 aliphatic carbocycles. The van der Waals surface area contributed by atoms with Gasteiger partial charge in [-0.2, -0.15) is 15.4 Å². The predicted molar refractivity (Wildman–Crippen MR) is 58.7 cm³/mol. The third kappa shape index (κ3) is 1.74. The van der Waals surface area contributed by atoms with Crippen molar-refractivity contribution in [2.75, 3.05) is 19.6 Å². The summed E-state index contributed by atoms with van der Waals surface area (Å²) in [7, 11) is 0. The van der Waals surface area contributed by atoms with Crippen LogP contribution < -0.4 is 0 Å². The van der Waals surface area contributed by atoms with Gasteiger partial charge in [0.15, 0.2) is 0 Å². The number of aliphatic hydroxyl groups is 1. The number of nitrogens with one attached hydrogen (secondary N) is 1. The number of rotatable bonds is 3. The molecule has 2 N–H and O–H groups in total. The van der Waals surface area contributed by atoms with Crippen molar-refractivity contribution in [3.8, 4) is 0 Å². The van der Waals surface area contributed by atoms with Crippen molar-refractivity contribution in [3.05, 3.63) is 11.9 Å². The summed E-state index contributed by atoms with van der Waals surface area (Å²) in [5.41, 5.74) is -0.0971. The smallest absolute Gasteiger partial charge is 0.124 e. The number of aromatic nitrogens is 3. The highest BCUT2D eigenvalue weighted by molar-refractivity contribution is 5.10. The van der Waals surface area contributed by atoms with Gasteiger partial charge >= 0.3 is 0 Å². The van der Waals surface area contributed by atoms with E-state index in [-0.39, 0.29) is 0 Å². The monoisotopic (exact) mass is 222 g/mol. The minimum Gasteiger partial charge on any atom is -0.382 e. The van der Waals surface area contributed by atoms with E-state index < -0.39 is 5.60 Å². The molecule has 2 heterocycles. The zero-order chi connectivity index (χ0) is 11.0. The van der Waals surface area contributed by atoms with E-state index in [0.717, 1.165) is 25.4 Å². The van der Waals surface area contributed by atoms with Crippen LogP contribution >= 0.6 is 0 Å². The summed E-state index contributed by atoms with van der Waals surface area (Å²) in [6, 6.07) is 0. The van der Waals surface area contributed by atoms with Gasteiger partial charge in [-0.05, 0) is 25.2 Å². The number of aromatic amines is 1. The topological polar surface area (TPSA) is 65.0 Å². The fourth-order valence-electron chi connectivity index (χ4n) is 2.70. The molecular weight excluding hydrogens is 204 g/mol. The van der Waals surface area contributed by atoms with Crippen LogP contribution in [0, 0.1) is 5.92 Å². The van der Waals surface area contributed by atoms with E-state index in [1.165, 1.54) is 19.3 Å². The first-order valence-corrected chi connectivity index (χ1v) is 6.07. The van der Waals surface area contributed by atoms with Crippen LogP contribution in [0.1, 0.15) is 31.4 Å². The molecule has 0 amide bonds. The molecule has 0 radical (unpaired) electrons. The minimum absolute atomic E-state index is 0.684. The van der Waals surface area contributed by atoms with Gasteiger partial charge in [0.25, 0.3) is 0 Å². The molecule has 16 heavy (non-hydrogen) atoms. The van der Waals surface area contributed by atoms with Gasteiger partial charge in [0.1, 0.15) is 11.3 Å². The maximum atomic E-state index is 10.5. The second-order valence-corrected chi connectivity index (χ2v) is 5.17. The van der Waals surface area contributed by atoms with Crippen LogP contribution in [0.2, 0.25) is 0 Å². The highest BCUT2D eigenvalue weighted by Gasteiger charge is 2.40. The molecule has 2 aliphatic rings. The summed E-state index contributed by atoms with van der Waals surface area (Å²) < 4.78 is 0. The van der Waals surface area contributed by atoms with Crippen molar-refractivity contribution in [2.45, 2.75) is 31.3 Å². The van der Waals surface area contributed by atoms with Gasteiger partial charge in [-0.15, -0.1) is 0 Å². The first-order chi connectivity index (χ1) is 7.76. The molecule has 1 atom stereocenters. The highest BCUT2D eigenvalue weighted by Crippen LogP contribution is 2.33. The number of likely N-dealkylation sites (tertiary alicyclic amines) is 1. The van der Waals surface area contributed by atoms with Gasteiger partial charge in [0.05, 0.1) is 6.20 Å². The summed E-state index contributed by atoms with van der Waals surface area (Å²) in [5.74, 6) is 0.861. The number of hydrogen-bond donors (Lipinski definition) is 2. The zero-order valence-electron chi connectivity index (χ0n) is 9.39. The number of β-amino-alcohol motifs (C(OH)–C–C–N with tert-alkyl or cyclic N) is 1. The van der Waals surface area contributed by atoms with Gasteiger partial charge < -0.3 is 5.11 Å². The standard InChI is InChI=1S/C11H18N4O/c16-11(10-6-12-14-13-10)4-5-15(8-11)7-9-2-1-3-9/h6,9,16H,1-5,7-8H2,(H,12,13,14). The van der Waals surface area contributed by atoms with Crippen molar-refractivity contribution in [1.82, 2.24) is 20.3 Å². The van der Waals surface area contributed by atoms with Crippen LogP contribution in [0.15, 0.2) is 6.20 Å². The Morgan fingerprint density at radius 1 is 1.56 bits per heavy atom. The Balaban J connectivity index is 1.63. The SMILES string of the molecule is OC1(c2cn[nH]n2)CCN(CC2CCC2)C1. The molecule has 5 heteroatoms. The molecule has 88 valence electrons. The molecule has 5 nitrogen and oxygen atoms in total. The second-order valence-electron chi connectivity index (χ2n) is 5.17. The molecule has 2 fully saturated rings. The maximum absolute atomic E-state index is 10.5. The number of H-pyrrole nitrogens is 1. The Hall–Kier alpha value is -0.940. The number of hydrogen-bond acceptors (Lipinski definition) is 4. The molecular formula is C11H18N4O. The average Bonchev–Trinajstić information content (AvgIpc) is 2.81. The van der Waals surface area contributed by atoms with Crippen molar-refractivity contribution in [2.24, 2.45) is 5.92 Å². The lowest BCUT2D eigenvalue weighted by Crippen LogP contribution is -2.35. The van der Waals surface area contributed by atoms with E-state index in [2.05, 4.69) is 20.3 Å². The molecule has 1 aliphatic heterocycles. The Bertz CT molecular complexity index is 349. The van der Waals surface area contributed by atoms with E-state index in [0.29, 0.717) is 12.2 Å². The highest BCUT2D eigenvalue weighted by atomic mass is 16.3. The third-order valence-electron chi connectivity index (χ3n) is 3.96. The molecule has 1 aromatic rings. The van der Waals surface area contributed by atoms with Gasteiger partial charge in [-0.1, -0.05) is 6.42 Å². The average molecular weight is 222 g/mol. The third-order valence-corrected chi connectivity index (χ3v) is 3.96. The molecule has 1 aromatic heterocycles. The van der Waals surface area contributed by atoms with Crippen LogP contribution in [0.25, 0.3) is 0 Å². The Labute approximate surface area is 94.8 Å². The molecule has 0 bridgehead atoms. The van der Waals surface area contributed by atoms with E-state index in [4.69, 9.17) is 0 Å². The summed E-state index contributed by atoms with van der Waals surface area (Å²) in [4.78, 5) is 2.36. The molecule has 0 spiro atoms. The quantitative estimate of drug-likeness (QED) is 0.781. The minimum atomic E-state index is -0.781. The van der Waals surface area contributed by atoms with Crippen LogP contribution in [0.4, 0.5) is 0 Å². The van der Waals surface area contributed by atoms with E-state index in [1.807, 2.05) is 0 Å². The van der Waals surface area contributed by atoms with Crippen LogP contribution in [-0.4, -0.2) is 45.1 Å². The lowest BCUT2D eigenvalue weighted by molar-refractivity contribution is 0.0381. The Kier molecular flexibility index (Phi) is 2.44. The van der Waals surface area contributed by atoms with Crippen LogP contribution in [0.3, 0.4) is 0 Å². The maximum Gasteiger partial charge on any atom is 0.124 e. The summed E-state index contributed by atoms with van der Waals surface area (Å²) in [6.07, 6.45) is 6.50. The first-order valence-electron chi connectivity index (χ1n) is 6.07. The number of nitrogens with zero attached hydrogens (tertiary/aromatic N) is 3. The van der Waals surface area contributed by atoms with Gasteiger partial charge in [-0.25, -0.2) is 0 Å². The normalized spacial score (nSPS) is 31.8. The molecule has 0 aromatic carbocycles. The van der Waals surface area contributed by atoms with Crippen molar-refractivity contribution in [3.63, 3.8) is 0 Å².